The molecule has 6 nitrogen and oxygen atoms in total. The average Bonchev–Trinajstić information content (AvgIpc) is 3.25. The third-order valence-electron chi connectivity index (χ3n) is 4.04. The molecule has 3 amide bonds. The molecule has 0 radical (unpaired) electrons. The van der Waals surface area contributed by atoms with E-state index in [1.807, 2.05) is 16.8 Å². The van der Waals surface area contributed by atoms with E-state index < -0.39 is 17.7 Å². The summed E-state index contributed by atoms with van der Waals surface area (Å²) in [5.74, 6) is -1.86. The molecule has 7 heteroatoms. The first-order valence-electron chi connectivity index (χ1n) is 7.60. The molecule has 3 N–H and O–H groups in total. The first kappa shape index (κ1) is 16.2. The van der Waals surface area contributed by atoms with Crippen LogP contribution in [0.1, 0.15) is 34.8 Å². The minimum atomic E-state index is -0.709. The number of nitrogens with zero attached hydrogens (tertiary/aromatic N) is 1. The first-order chi connectivity index (χ1) is 11.6. The molecule has 1 fully saturated rings. The molecule has 24 heavy (non-hydrogen) atoms. The summed E-state index contributed by atoms with van der Waals surface area (Å²) in [6, 6.07) is 8.14. The van der Waals surface area contributed by atoms with Gasteiger partial charge in [0.15, 0.2) is 0 Å². The van der Waals surface area contributed by atoms with Crippen molar-refractivity contribution in [3.63, 3.8) is 0 Å². The molecule has 1 aliphatic rings. The van der Waals surface area contributed by atoms with E-state index in [0.717, 1.165) is 18.4 Å². The van der Waals surface area contributed by atoms with Crippen LogP contribution >= 0.6 is 11.3 Å². The molecule has 1 saturated heterocycles. The number of benzene rings is 1. The Morgan fingerprint density at radius 3 is 2.79 bits per heavy atom. The molecule has 0 bridgehead atoms. The van der Waals surface area contributed by atoms with Crippen LogP contribution in [-0.4, -0.2) is 29.2 Å². The standard InChI is InChI=1S/C17H17N3O3S/c18-15(21)11-3-1-4-13(9-11)19-16(22)17(23)20-7-2-5-14(20)12-6-8-24-10-12/h1,3-4,6,8-10,14H,2,5,7H2,(H2,18,21)(H,19,22)/t14-/m0/s1. The van der Waals surface area contributed by atoms with Gasteiger partial charge in [0.05, 0.1) is 6.04 Å². The molecule has 1 aromatic heterocycles. The Bertz CT molecular complexity index is 773. The van der Waals surface area contributed by atoms with E-state index in [2.05, 4.69) is 5.32 Å². The quantitative estimate of drug-likeness (QED) is 0.836. The number of primary amides is 1. The van der Waals surface area contributed by atoms with Crippen LogP contribution in [0.3, 0.4) is 0 Å². The molecule has 3 rings (SSSR count). The molecular weight excluding hydrogens is 326 g/mol. The van der Waals surface area contributed by atoms with Crippen LogP contribution in [0.15, 0.2) is 41.1 Å². The second kappa shape index (κ2) is 6.84. The molecular formula is C17H17N3O3S. The van der Waals surface area contributed by atoms with Crippen LogP contribution in [0.4, 0.5) is 5.69 Å². The van der Waals surface area contributed by atoms with Gasteiger partial charge in [-0.2, -0.15) is 11.3 Å². The Labute approximate surface area is 143 Å². The Morgan fingerprint density at radius 2 is 2.08 bits per heavy atom. The highest BCUT2D eigenvalue weighted by molar-refractivity contribution is 7.08. The van der Waals surface area contributed by atoms with Crippen molar-refractivity contribution in [1.29, 1.82) is 0 Å². The average molecular weight is 343 g/mol. The van der Waals surface area contributed by atoms with Gasteiger partial charge in [0.1, 0.15) is 0 Å². The van der Waals surface area contributed by atoms with E-state index in [9.17, 15) is 14.4 Å². The lowest BCUT2D eigenvalue weighted by molar-refractivity contribution is -0.143. The summed E-state index contributed by atoms with van der Waals surface area (Å²) in [6.07, 6.45) is 1.73. The zero-order valence-electron chi connectivity index (χ0n) is 12.9. The van der Waals surface area contributed by atoms with Gasteiger partial charge in [-0.3, -0.25) is 14.4 Å². The number of carbonyl (C=O) groups excluding carboxylic acids is 3. The number of anilines is 1. The number of likely N-dealkylation sites (tertiary alicyclic amines) is 1. The van der Waals surface area contributed by atoms with Gasteiger partial charge < -0.3 is 16.0 Å². The second-order valence-corrected chi connectivity index (χ2v) is 6.39. The van der Waals surface area contributed by atoms with Gasteiger partial charge in [0.25, 0.3) is 0 Å². The van der Waals surface area contributed by atoms with Crippen molar-refractivity contribution in [3.05, 3.63) is 52.2 Å². The van der Waals surface area contributed by atoms with Gasteiger partial charge in [-0.15, -0.1) is 0 Å². The van der Waals surface area contributed by atoms with Crippen molar-refractivity contribution < 1.29 is 14.4 Å². The van der Waals surface area contributed by atoms with Gasteiger partial charge >= 0.3 is 11.8 Å². The lowest BCUT2D eigenvalue weighted by Crippen LogP contribution is -2.39. The summed E-state index contributed by atoms with van der Waals surface area (Å²) in [6.45, 7) is 0.564. The summed E-state index contributed by atoms with van der Waals surface area (Å²) < 4.78 is 0. The van der Waals surface area contributed by atoms with Gasteiger partial charge in [0.2, 0.25) is 5.91 Å². The van der Waals surface area contributed by atoms with E-state index >= 15 is 0 Å². The maximum atomic E-state index is 12.5. The van der Waals surface area contributed by atoms with Gasteiger partial charge in [-0.25, -0.2) is 0 Å². The maximum absolute atomic E-state index is 12.5. The number of amides is 3. The molecule has 124 valence electrons. The minimum Gasteiger partial charge on any atom is -0.366 e. The number of carbonyl (C=O) groups is 3. The molecule has 1 aromatic carbocycles. The summed E-state index contributed by atoms with van der Waals surface area (Å²) in [7, 11) is 0. The van der Waals surface area contributed by atoms with Crippen molar-refractivity contribution in [2.45, 2.75) is 18.9 Å². The third-order valence-corrected chi connectivity index (χ3v) is 4.74. The van der Waals surface area contributed by atoms with Gasteiger partial charge in [-0.05, 0) is 53.4 Å². The van der Waals surface area contributed by atoms with Crippen LogP contribution in [0.2, 0.25) is 0 Å². The predicted octanol–water partition coefficient (Wildman–Crippen LogP) is 2.15. The monoisotopic (exact) mass is 343 g/mol. The molecule has 0 aliphatic carbocycles. The summed E-state index contributed by atoms with van der Waals surface area (Å²) in [5.41, 5.74) is 6.93. The largest absolute Gasteiger partial charge is 0.366 e. The van der Waals surface area contributed by atoms with Crippen LogP contribution < -0.4 is 11.1 Å². The van der Waals surface area contributed by atoms with Crippen molar-refractivity contribution in [3.8, 4) is 0 Å². The number of nitrogens with two attached hydrogens (primary N) is 1. The Morgan fingerprint density at radius 1 is 1.25 bits per heavy atom. The SMILES string of the molecule is NC(=O)c1cccc(NC(=O)C(=O)N2CCC[C@H]2c2ccsc2)c1. The topological polar surface area (TPSA) is 92.5 Å². The van der Waals surface area contributed by atoms with Crippen LogP contribution in [0.25, 0.3) is 0 Å². The van der Waals surface area contributed by atoms with E-state index in [1.165, 1.54) is 6.07 Å². The van der Waals surface area contributed by atoms with E-state index in [-0.39, 0.29) is 11.6 Å². The summed E-state index contributed by atoms with van der Waals surface area (Å²) in [4.78, 5) is 37.6. The van der Waals surface area contributed by atoms with Gasteiger partial charge in [0, 0.05) is 17.8 Å². The molecule has 0 spiro atoms. The number of hydrogen-bond acceptors (Lipinski definition) is 4. The Hall–Kier alpha value is -2.67. The molecule has 1 atom stereocenters. The Balaban J connectivity index is 1.72. The zero-order chi connectivity index (χ0) is 17.1. The minimum absolute atomic E-state index is 0.0496. The smallest absolute Gasteiger partial charge is 0.313 e. The first-order valence-corrected chi connectivity index (χ1v) is 8.54. The van der Waals surface area contributed by atoms with Crippen LogP contribution in [0, 0.1) is 0 Å². The fourth-order valence-electron chi connectivity index (χ4n) is 2.89. The molecule has 0 saturated carbocycles. The molecule has 2 heterocycles. The van der Waals surface area contributed by atoms with Crippen LogP contribution in [-0.2, 0) is 9.59 Å². The Kier molecular flexibility index (Phi) is 4.61. The van der Waals surface area contributed by atoms with Crippen molar-refractivity contribution >= 4 is 34.7 Å². The third kappa shape index (κ3) is 3.30. The van der Waals surface area contributed by atoms with E-state index in [4.69, 9.17) is 5.73 Å². The summed E-state index contributed by atoms with van der Waals surface area (Å²) in [5, 5.41) is 6.51. The van der Waals surface area contributed by atoms with E-state index in [0.29, 0.717) is 12.2 Å². The number of nitrogens with one attached hydrogen (secondary N) is 1. The molecule has 1 aliphatic heterocycles. The highest BCUT2D eigenvalue weighted by Gasteiger charge is 2.33. The number of thiophene rings is 1. The van der Waals surface area contributed by atoms with Crippen molar-refractivity contribution in [2.24, 2.45) is 5.73 Å². The molecule has 0 unspecified atom stereocenters. The fourth-order valence-corrected chi connectivity index (χ4v) is 3.59. The summed E-state index contributed by atoms with van der Waals surface area (Å²) >= 11 is 1.57. The van der Waals surface area contributed by atoms with Gasteiger partial charge in [-0.1, -0.05) is 6.07 Å². The number of rotatable bonds is 3. The van der Waals surface area contributed by atoms with Crippen molar-refractivity contribution in [2.75, 3.05) is 11.9 Å². The predicted molar refractivity (Wildman–Crippen MR) is 91.6 cm³/mol. The van der Waals surface area contributed by atoms with E-state index in [1.54, 1.807) is 34.4 Å². The van der Waals surface area contributed by atoms with Crippen LogP contribution in [0.5, 0.6) is 0 Å². The normalized spacial score (nSPS) is 16.8. The van der Waals surface area contributed by atoms with Crippen molar-refractivity contribution in [1.82, 2.24) is 4.90 Å². The zero-order valence-corrected chi connectivity index (χ0v) is 13.7. The second-order valence-electron chi connectivity index (χ2n) is 5.61. The highest BCUT2D eigenvalue weighted by atomic mass is 32.1. The lowest BCUT2D eigenvalue weighted by atomic mass is 10.1. The maximum Gasteiger partial charge on any atom is 0.313 e. The fraction of sp³-hybridized carbons (Fsp3) is 0.235. The number of hydrogen-bond donors (Lipinski definition) is 2. The highest BCUT2D eigenvalue weighted by Crippen LogP contribution is 2.33. The molecule has 2 aromatic rings. The lowest BCUT2D eigenvalue weighted by Gasteiger charge is -2.23.